The summed E-state index contributed by atoms with van der Waals surface area (Å²) in [5, 5.41) is 10.5. The summed E-state index contributed by atoms with van der Waals surface area (Å²) in [7, 11) is -4.08. The van der Waals surface area contributed by atoms with E-state index in [2.05, 4.69) is 44.2 Å². The van der Waals surface area contributed by atoms with Crippen LogP contribution in [0, 0.1) is 16.7 Å². The van der Waals surface area contributed by atoms with Crippen molar-refractivity contribution in [2.24, 2.45) is 16.7 Å². The standard InChI is InChI=1S/C18H21O2S.C10H16O4S/c1-17(2,19)13-9-5-7-11-15(13)21-16-12-8-6-10-14(16)18(3,4)20-21;1-9(2)7-3-4-10(9,8(11)5-7)6-15(12,13)14/h5-12,19H,1-4H3;7H,3-6H2,1-2H3,(H,12,13,14)/q+1;. The van der Waals surface area contributed by atoms with Crippen molar-refractivity contribution >= 4 is 27.1 Å². The van der Waals surface area contributed by atoms with Crippen molar-refractivity contribution in [3.8, 4) is 0 Å². The van der Waals surface area contributed by atoms with Gasteiger partial charge in [0.15, 0.2) is 5.60 Å². The summed E-state index contributed by atoms with van der Waals surface area (Å²) in [6, 6.07) is 16.4. The van der Waals surface area contributed by atoms with Crippen molar-refractivity contribution in [1.29, 1.82) is 0 Å². The Morgan fingerprint density at radius 3 is 2.14 bits per heavy atom. The van der Waals surface area contributed by atoms with E-state index in [4.69, 9.17) is 8.74 Å². The Morgan fingerprint density at radius 2 is 1.61 bits per heavy atom. The fraction of sp³-hybridized carbons (Fsp3) is 0.536. The number of benzene rings is 2. The van der Waals surface area contributed by atoms with E-state index in [0.29, 0.717) is 12.8 Å². The first-order chi connectivity index (χ1) is 16.5. The number of hydrogen-bond donors (Lipinski definition) is 2. The number of aliphatic hydroxyl groups is 1. The van der Waals surface area contributed by atoms with Gasteiger partial charge in [0.1, 0.15) is 5.78 Å². The van der Waals surface area contributed by atoms with Crippen molar-refractivity contribution < 1.29 is 27.1 Å². The number of carbonyl (C=O) groups excluding carboxylic acids is 1. The Hall–Kier alpha value is -1.71. The molecule has 0 saturated heterocycles. The van der Waals surface area contributed by atoms with E-state index in [1.807, 2.05) is 45.9 Å². The second-order valence-corrected chi connectivity index (χ2v) is 14.8. The number of rotatable bonds is 4. The second kappa shape index (κ2) is 8.95. The molecule has 5 rings (SSSR count). The van der Waals surface area contributed by atoms with Crippen LogP contribution in [-0.4, -0.2) is 29.6 Å². The molecule has 1 aliphatic heterocycles. The minimum Gasteiger partial charge on any atom is -0.386 e. The molecule has 2 N–H and O–H groups in total. The summed E-state index contributed by atoms with van der Waals surface area (Å²) < 4.78 is 37.3. The highest BCUT2D eigenvalue weighted by molar-refractivity contribution is 7.92. The van der Waals surface area contributed by atoms with Crippen LogP contribution in [0.15, 0.2) is 58.3 Å². The topological polar surface area (TPSA) is 101 Å². The zero-order valence-corrected chi connectivity index (χ0v) is 23.5. The van der Waals surface area contributed by atoms with Crippen molar-refractivity contribution in [3.63, 3.8) is 0 Å². The van der Waals surface area contributed by atoms with Gasteiger partial charge in [-0.15, -0.1) is 0 Å². The summed E-state index contributed by atoms with van der Waals surface area (Å²) in [5.74, 6) is -0.101. The SMILES string of the molecule is CC(C)(O)c1ccccc1[S+]1OC(C)(C)c2ccccc21.CC1(C)C2CCC1(CS(=O)(=O)O)C(=O)C2. The molecule has 0 amide bonds. The molecule has 0 radical (unpaired) electrons. The van der Waals surface area contributed by atoms with Gasteiger partial charge in [0, 0.05) is 17.5 Å². The molecule has 0 spiro atoms. The van der Waals surface area contributed by atoms with Gasteiger partial charge in [0.05, 0.1) is 16.8 Å². The monoisotopic (exact) mass is 533 g/mol. The molecule has 3 unspecified atom stereocenters. The smallest absolute Gasteiger partial charge is 0.265 e. The number of fused-ring (bicyclic) bond motifs is 3. The predicted molar refractivity (Wildman–Crippen MR) is 141 cm³/mol. The molecular formula is C28H37O6S2+. The van der Waals surface area contributed by atoms with Crippen LogP contribution in [0.1, 0.15) is 71.9 Å². The minimum absolute atomic E-state index is 0.0152. The molecule has 196 valence electrons. The normalized spacial score (nSPS) is 27.9. The van der Waals surface area contributed by atoms with Crippen LogP contribution in [0.25, 0.3) is 0 Å². The molecule has 2 saturated carbocycles. The highest BCUT2D eigenvalue weighted by Gasteiger charge is 2.65. The summed E-state index contributed by atoms with van der Waals surface area (Å²) >= 11 is -0.453. The Morgan fingerprint density at radius 1 is 1.03 bits per heavy atom. The fourth-order valence-corrected chi connectivity index (χ4v) is 9.80. The van der Waals surface area contributed by atoms with Gasteiger partial charge < -0.3 is 5.11 Å². The molecule has 3 atom stereocenters. The lowest BCUT2D eigenvalue weighted by atomic mass is 9.70. The quantitative estimate of drug-likeness (QED) is 0.403. The van der Waals surface area contributed by atoms with Crippen molar-refractivity contribution in [2.45, 2.75) is 81.8 Å². The maximum Gasteiger partial charge on any atom is 0.265 e. The van der Waals surface area contributed by atoms with E-state index in [1.165, 1.54) is 10.5 Å². The van der Waals surface area contributed by atoms with Gasteiger partial charge in [-0.05, 0) is 64.0 Å². The van der Waals surface area contributed by atoms with Gasteiger partial charge in [-0.2, -0.15) is 12.6 Å². The third kappa shape index (κ3) is 4.67. The predicted octanol–water partition coefficient (Wildman–Crippen LogP) is 5.40. The van der Waals surface area contributed by atoms with Gasteiger partial charge in [0.25, 0.3) is 10.1 Å². The van der Waals surface area contributed by atoms with Crippen LogP contribution in [0.4, 0.5) is 0 Å². The second-order valence-electron chi connectivity index (χ2n) is 11.8. The molecule has 36 heavy (non-hydrogen) atoms. The number of hydrogen-bond acceptors (Lipinski definition) is 5. The Balaban J connectivity index is 0.000000179. The third-order valence-electron chi connectivity index (χ3n) is 8.34. The van der Waals surface area contributed by atoms with Gasteiger partial charge in [-0.25, -0.2) is 0 Å². The summed E-state index contributed by atoms with van der Waals surface area (Å²) in [6.45, 7) is 11.7. The summed E-state index contributed by atoms with van der Waals surface area (Å²) in [4.78, 5) is 14.2. The van der Waals surface area contributed by atoms with Gasteiger partial charge in [-0.1, -0.05) is 50.2 Å². The van der Waals surface area contributed by atoms with Gasteiger partial charge in [0.2, 0.25) is 21.0 Å². The van der Waals surface area contributed by atoms with Gasteiger partial charge >= 0.3 is 0 Å². The van der Waals surface area contributed by atoms with E-state index in [9.17, 15) is 18.3 Å². The minimum atomic E-state index is -4.08. The maximum absolute atomic E-state index is 11.9. The first-order valence-corrected chi connectivity index (χ1v) is 15.1. The molecule has 2 aromatic carbocycles. The maximum atomic E-state index is 11.9. The lowest BCUT2D eigenvalue weighted by Gasteiger charge is -2.35. The molecule has 2 aromatic rings. The van der Waals surface area contributed by atoms with E-state index >= 15 is 0 Å². The van der Waals surface area contributed by atoms with E-state index in [-0.39, 0.29) is 22.7 Å². The Kier molecular flexibility index (Phi) is 6.79. The summed E-state index contributed by atoms with van der Waals surface area (Å²) in [5.41, 5.74) is -0.133. The lowest BCUT2D eigenvalue weighted by molar-refractivity contribution is -0.128. The molecule has 6 nitrogen and oxygen atoms in total. The molecule has 2 fully saturated rings. The zero-order chi connectivity index (χ0) is 26.7. The third-order valence-corrected chi connectivity index (χ3v) is 11.3. The number of carbonyl (C=O) groups is 1. The molecule has 3 aliphatic rings. The first kappa shape index (κ1) is 27.3. The molecule has 8 heteroatoms. The van der Waals surface area contributed by atoms with Crippen molar-refractivity contribution in [2.75, 3.05) is 5.75 Å². The molecule has 2 bridgehead atoms. The average molecular weight is 534 g/mol. The number of ketones is 1. The highest BCUT2D eigenvalue weighted by atomic mass is 32.2. The van der Waals surface area contributed by atoms with Crippen LogP contribution in [0.2, 0.25) is 0 Å². The summed E-state index contributed by atoms with van der Waals surface area (Å²) in [6.07, 6.45) is 1.97. The van der Waals surface area contributed by atoms with Crippen molar-refractivity contribution in [1.82, 2.24) is 0 Å². The van der Waals surface area contributed by atoms with Crippen LogP contribution in [0.3, 0.4) is 0 Å². The van der Waals surface area contributed by atoms with Crippen LogP contribution in [0.5, 0.6) is 0 Å². The number of Topliss-reactive ketones (excluding diaryl/α,β-unsaturated/α-hetero) is 1. The average Bonchev–Trinajstić information content (AvgIpc) is 3.25. The lowest BCUT2D eigenvalue weighted by Crippen LogP contribution is -2.42. The molecular weight excluding hydrogens is 496 g/mol. The van der Waals surface area contributed by atoms with Gasteiger partial charge in [-0.3, -0.25) is 9.35 Å². The zero-order valence-electron chi connectivity index (χ0n) is 21.9. The van der Waals surface area contributed by atoms with Crippen LogP contribution < -0.4 is 0 Å². The van der Waals surface area contributed by atoms with Crippen LogP contribution >= 0.6 is 0 Å². The Labute approximate surface area is 217 Å². The first-order valence-electron chi connectivity index (χ1n) is 12.3. The van der Waals surface area contributed by atoms with Crippen molar-refractivity contribution in [3.05, 3.63) is 59.7 Å². The van der Waals surface area contributed by atoms with E-state index in [0.717, 1.165) is 16.9 Å². The highest BCUT2D eigenvalue weighted by Crippen LogP contribution is 2.64. The van der Waals surface area contributed by atoms with E-state index in [1.54, 1.807) is 0 Å². The van der Waals surface area contributed by atoms with E-state index < -0.39 is 38.1 Å². The Bertz CT molecular complexity index is 1270. The van der Waals surface area contributed by atoms with Crippen LogP contribution in [-0.2, 0) is 41.5 Å². The fourth-order valence-electron chi connectivity index (χ4n) is 6.14. The molecule has 1 heterocycles. The largest absolute Gasteiger partial charge is 0.386 e. The molecule has 0 aromatic heterocycles. The molecule has 2 aliphatic carbocycles.